The van der Waals surface area contributed by atoms with E-state index in [1.165, 1.54) is 23.3 Å². The second-order valence-corrected chi connectivity index (χ2v) is 4.94. The zero-order valence-electron chi connectivity index (χ0n) is 8.17. The Hall–Kier alpha value is -0.980. The highest BCUT2D eigenvalue weighted by atomic mass is 32.2. The first kappa shape index (κ1) is 10.5. The fourth-order valence-corrected chi connectivity index (χ4v) is 2.54. The molecule has 0 aromatic carbocycles. The van der Waals surface area contributed by atoms with E-state index in [0.29, 0.717) is 6.54 Å². The van der Waals surface area contributed by atoms with Crippen LogP contribution in [0.25, 0.3) is 0 Å². The molecular formula is C9H10N4S2. The fourth-order valence-electron chi connectivity index (χ4n) is 1.00. The molecule has 0 amide bonds. The van der Waals surface area contributed by atoms with Crippen LogP contribution in [0.4, 0.5) is 0 Å². The van der Waals surface area contributed by atoms with Crippen LogP contribution in [0.2, 0.25) is 0 Å². The lowest BCUT2D eigenvalue weighted by atomic mass is 10.3. The minimum atomic E-state index is 0.524. The number of pyridine rings is 1. The molecule has 78 valence electrons. The first-order valence-electron chi connectivity index (χ1n) is 4.41. The Morgan fingerprint density at radius 2 is 2.33 bits per heavy atom. The van der Waals surface area contributed by atoms with Crippen molar-refractivity contribution in [3.05, 3.63) is 29.7 Å². The molecule has 2 rings (SSSR count). The van der Waals surface area contributed by atoms with Crippen LogP contribution in [0.15, 0.2) is 27.7 Å². The Balaban J connectivity index is 2.11. The molecule has 0 unspecified atom stereocenters. The van der Waals surface area contributed by atoms with Gasteiger partial charge >= 0.3 is 0 Å². The minimum Gasteiger partial charge on any atom is -0.326 e. The molecule has 2 N–H and O–H groups in total. The average Bonchev–Trinajstić information content (AvgIpc) is 2.65. The Bertz CT molecular complexity index is 438. The molecule has 0 aliphatic carbocycles. The molecule has 0 saturated heterocycles. The van der Waals surface area contributed by atoms with Crippen LogP contribution in [0.5, 0.6) is 0 Å². The largest absolute Gasteiger partial charge is 0.326 e. The molecule has 0 atom stereocenters. The summed E-state index contributed by atoms with van der Waals surface area (Å²) in [6, 6.07) is 3.92. The van der Waals surface area contributed by atoms with Crippen molar-refractivity contribution < 1.29 is 0 Å². The third-order valence-electron chi connectivity index (χ3n) is 1.73. The minimum absolute atomic E-state index is 0.524. The summed E-state index contributed by atoms with van der Waals surface area (Å²) in [6.45, 7) is 2.40. The van der Waals surface area contributed by atoms with Gasteiger partial charge in [0.1, 0.15) is 10.9 Å². The monoisotopic (exact) mass is 238 g/mol. The second kappa shape index (κ2) is 4.69. The molecule has 4 nitrogen and oxygen atoms in total. The SMILES string of the molecule is Cc1nsc(Sc2ccc(CN)cn2)n1. The fraction of sp³-hybridized carbons (Fsp3) is 0.222. The molecule has 15 heavy (non-hydrogen) atoms. The van der Waals surface area contributed by atoms with Crippen LogP contribution in [0, 0.1) is 6.92 Å². The molecule has 0 bridgehead atoms. The van der Waals surface area contributed by atoms with Gasteiger partial charge < -0.3 is 5.73 Å². The van der Waals surface area contributed by atoms with E-state index in [9.17, 15) is 0 Å². The highest BCUT2D eigenvalue weighted by Crippen LogP contribution is 2.26. The summed E-state index contributed by atoms with van der Waals surface area (Å²) in [7, 11) is 0. The van der Waals surface area contributed by atoms with E-state index >= 15 is 0 Å². The van der Waals surface area contributed by atoms with E-state index in [1.807, 2.05) is 19.1 Å². The van der Waals surface area contributed by atoms with Crippen LogP contribution in [-0.2, 0) is 6.54 Å². The molecule has 6 heteroatoms. The van der Waals surface area contributed by atoms with Gasteiger partial charge in [-0.15, -0.1) is 0 Å². The van der Waals surface area contributed by atoms with Crippen LogP contribution >= 0.6 is 23.3 Å². The van der Waals surface area contributed by atoms with Gasteiger partial charge in [0.2, 0.25) is 0 Å². The van der Waals surface area contributed by atoms with Crippen molar-refractivity contribution in [2.45, 2.75) is 22.8 Å². The maximum atomic E-state index is 5.49. The van der Waals surface area contributed by atoms with Crippen molar-refractivity contribution in [2.24, 2.45) is 5.73 Å². The first-order valence-corrected chi connectivity index (χ1v) is 6.00. The van der Waals surface area contributed by atoms with Crippen molar-refractivity contribution in [1.29, 1.82) is 0 Å². The third kappa shape index (κ3) is 2.74. The van der Waals surface area contributed by atoms with Crippen molar-refractivity contribution >= 4 is 23.3 Å². The van der Waals surface area contributed by atoms with Crippen molar-refractivity contribution in [3.63, 3.8) is 0 Å². The molecule has 2 aromatic rings. The molecule has 2 aromatic heterocycles. The van der Waals surface area contributed by atoms with E-state index in [0.717, 1.165) is 20.8 Å². The van der Waals surface area contributed by atoms with Crippen molar-refractivity contribution in [2.75, 3.05) is 0 Å². The van der Waals surface area contributed by atoms with Crippen molar-refractivity contribution in [1.82, 2.24) is 14.3 Å². The quantitative estimate of drug-likeness (QED) is 0.884. The number of nitrogens with two attached hydrogens (primary N) is 1. The van der Waals surface area contributed by atoms with E-state index < -0.39 is 0 Å². The van der Waals surface area contributed by atoms with E-state index in [2.05, 4.69) is 14.3 Å². The summed E-state index contributed by atoms with van der Waals surface area (Å²) >= 11 is 2.91. The number of nitrogens with zero attached hydrogens (tertiary/aromatic N) is 3. The lowest BCUT2D eigenvalue weighted by Gasteiger charge is -1.98. The predicted octanol–water partition coefficient (Wildman–Crippen LogP) is 1.85. The molecule has 0 fully saturated rings. The Labute approximate surface area is 96.1 Å². The van der Waals surface area contributed by atoms with Crippen LogP contribution in [0.3, 0.4) is 0 Å². The van der Waals surface area contributed by atoms with Gasteiger partial charge in [0.25, 0.3) is 0 Å². The molecule has 0 aliphatic heterocycles. The highest BCUT2D eigenvalue weighted by molar-refractivity contribution is 8.00. The maximum absolute atomic E-state index is 5.49. The lowest BCUT2D eigenvalue weighted by Crippen LogP contribution is -1.96. The first-order chi connectivity index (χ1) is 7.28. The van der Waals surface area contributed by atoms with E-state index in [-0.39, 0.29) is 0 Å². The number of rotatable bonds is 3. The number of hydrogen-bond donors (Lipinski definition) is 1. The number of aryl methyl sites for hydroxylation is 1. The van der Waals surface area contributed by atoms with Gasteiger partial charge in [-0.25, -0.2) is 9.97 Å². The molecule has 0 spiro atoms. The normalized spacial score (nSPS) is 10.5. The predicted molar refractivity (Wildman–Crippen MR) is 60.9 cm³/mol. The summed E-state index contributed by atoms with van der Waals surface area (Å²) in [5.41, 5.74) is 6.52. The zero-order valence-corrected chi connectivity index (χ0v) is 9.81. The molecule has 0 aliphatic rings. The van der Waals surface area contributed by atoms with E-state index in [4.69, 9.17) is 5.73 Å². The van der Waals surface area contributed by atoms with Crippen LogP contribution < -0.4 is 5.73 Å². The Morgan fingerprint density at radius 1 is 1.47 bits per heavy atom. The van der Waals surface area contributed by atoms with Gasteiger partial charge in [0.05, 0.1) is 0 Å². The standard InChI is InChI=1S/C9H10N4S2/c1-6-12-9(15-13-6)14-8-3-2-7(4-10)5-11-8/h2-3,5H,4,10H2,1H3. The molecule has 0 radical (unpaired) electrons. The highest BCUT2D eigenvalue weighted by Gasteiger charge is 2.03. The maximum Gasteiger partial charge on any atom is 0.176 e. The van der Waals surface area contributed by atoms with Crippen LogP contribution in [-0.4, -0.2) is 14.3 Å². The third-order valence-corrected chi connectivity index (χ3v) is 3.53. The summed E-state index contributed by atoms with van der Waals surface area (Å²) in [5, 5.41) is 0.920. The number of aromatic nitrogens is 3. The molecular weight excluding hydrogens is 228 g/mol. The second-order valence-electron chi connectivity index (χ2n) is 2.92. The topological polar surface area (TPSA) is 64.7 Å². The summed E-state index contributed by atoms with van der Waals surface area (Å²) < 4.78 is 5.03. The lowest BCUT2D eigenvalue weighted by molar-refractivity contribution is 1.01. The summed E-state index contributed by atoms with van der Waals surface area (Å²) in [6.07, 6.45) is 1.79. The molecule has 0 saturated carbocycles. The van der Waals surface area contributed by atoms with Gasteiger partial charge in [-0.3, -0.25) is 0 Å². The van der Waals surface area contributed by atoms with E-state index in [1.54, 1.807) is 6.20 Å². The molecule has 2 heterocycles. The van der Waals surface area contributed by atoms with Gasteiger partial charge in [-0.05, 0) is 41.8 Å². The van der Waals surface area contributed by atoms with Crippen molar-refractivity contribution in [3.8, 4) is 0 Å². The average molecular weight is 238 g/mol. The Kier molecular flexibility index (Phi) is 3.30. The summed E-state index contributed by atoms with van der Waals surface area (Å²) in [4.78, 5) is 8.53. The van der Waals surface area contributed by atoms with Gasteiger partial charge in [-0.1, -0.05) is 6.07 Å². The smallest absolute Gasteiger partial charge is 0.176 e. The zero-order chi connectivity index (χ0) is 10.7. The summed E-state index contributed by atoms with van der Waals surface area (Å²) in [5.74, 6) is 0.807. The Morgan fingerprint density at radius 3 is 2.87 bits per heavy atom. The van der Waals surface area contributed by atoms with Gasteiger partial charge in [0, 0.05) is 12.7 Å². The van der Waals surface area contributed by atoms with Gasteiger partial charge in [0.15, 0.2) is 4.34 Å². The van der Waals surface area contributed by atoms with Gasteiger partial charge in [-0.2, -0.15) is 4.37 Å². The van der Waals surface area contributed by atoms with Crippen LogP contribution in [0.1, 0.15) is 11.4 Å². The number of hydrogen-bond acceptors (Lipinski definition) is 6.